The Hall–Kier alpha value is -3.43. The summed E-state index contributed by atoms with van der Waals surface area (Å²) in [6, 6.07) is 5.72. The molecule has 4 heterocycles. The molecule has 9 heteroatoms. The highest BCUT2D eigenvalue weighted by Gasteiger charge is 2.28. The Morgan fingerprint density at radius 1 is 1.29 bits per heavy atom. The number of aromatic amines is 1. The van der Waals surface area contributed by atoms with Crippen LogP contribution in [0.5, 0.6) is 11.6 Å². The topological polar surface area (TPSA) is 109 Å². The molecule has 0 bridgehead atoms. The average Bonchev–Trinajstić information content (AvgIpc) is 3.31. The van der Waals surface area contributed by atoms with Crippen LogP contribution >= 0.6 is 11.3 Å². The van der Waals surface area contributed by atoms with Crippen LogP contribution in [-0.4, -0.2) is 31.6 Å². The van der Waals surface area contributed by atoms with Gasteiger partial charge in [0.2, 0.25) is 5.88 Å². The lowest BCUT2D eigenvalue weighted by molar-refractivity contribution is 0.0824. The number of hydrogen-bond acceptors (Lipinski definition) is 6. The van der Waals surface area contributed by atoms with Crippen LogP contribution in [0.15, 0.2) is 35.4 Å². The van der Waals surface area contributed by atoms with Crippen LogP contribution in [0.2, 0.25) is 0 Å². The van der Waals surface area contributed by atoms with E-state index >= 15 is 0 Å². The molecule has 3 N–H and O–H groups in total. The average molecular weight is 493 g/mol. The van der Waals surface area contributed by atoms with Crippen molar-refractivity contribution in [2.75, 3.05) is 0 Å². The molecule has 0 aromatic carbocycles. The minimum atomic E-state index is -1.09. The molecule has 0 radical (unpaired) electrons. The number of carbonyl (C=O) groups excluding carboxylic acids is 1. The summed E-state index contributed by atoms with van der Waals surface area (Å²) in [6.45, 7) is 7.33. The molecular weight excluding hydrogens is 464 g/mol. The Balaban J connectivity index is 1.68. The Morgan fingerprint density at radius 3 is 2.69 bits per heavy atom. The number of ether oxygens (including phenoxy) is 1. The number of amides is 1. The lowest BCUT2D eigenvalue weighted by atomic mass is 10.1. The first kappa shape index (κ1) is 23.3. The summed E-state index contributed by atoms with van der Waals surface area (Å²) in [5.41, 5.74) is 2.01. The van der Waals surface area contributed by atoms with Gasteiger partial charge in [-0.05, 0) is 64.3 Å². The Morgan fingerprint density at radius 2 is 2.03 bits per heavy atom. The molecule has 0 unspecified atom stereocenters. The van der Waals surface area contributed by atoms with Crippen LogP contribution < -0.4 is 15.6 Å². The maximum atomic E-state index is 12.9. The predicted octanol–water partition coefficient (Wildman–Crippen LogP) is 4.52. The lowest BCUT2D eigenvalue weighted by Crippen LogP contribution is -2.25. The predicted molar refractivity (Wildman–Crippen MR) is 136 cm³/mol. The third-order valence-electron chi connectivity index (χ3n) is 6.04. The highest BCUT2D eigenvalue weighted by atomic mass is 32.1. The summed E-state index contributed by atoms with van der Waals surface area (Å²) in [5, 5.41) is 14.3. The maximum absolute atomic E-state index is 12.9. The van der Waals surface area contributed by atoms with Gasteiger partial charge in [0, 0.05) is 46.9 Å². The smallest absolute Gasteiger partial charge is 0.274 e. The number of hydrogen-bond donors (Lipinski definition) is 3. The normalized spacial score (nSPS) is 13.9. The summed E-state index contributed by atoms with van der Waals surface area (Å²) in [6.07, 6.45) is 5.43. The summed E-state index contributed by atoms with van der Waals surface area (Å²) in [5.74, 6) is 0.768. The molecule has 1 saturated carbocycles. The number of fused-ring (bicyclic) bond motifs is 1. The highest BCUT2D eigenvalue weighted by molar-refractivity contribution is 7.16. The van der Waals surface area contributed by atoms with Crippen LogP contribution in [0.25, 0.3) is 21.3 Å². The van der Waals surface area contributed by atoms with Crippen molar-refractivity contribution in [2.24, 2.45) is 7.05 Å². The summed E-state index contributed by atoms with van der Waals surface area (Å²) < 4.78 is 7.76. The van der Waals surface area contributed by atoms with Crippen molar-refractivity contribution in [3.63, 3.8) is 0 Å². The van der Waals surface area contributed by atoms with Crippen LogP contribution in [0.4, 0.5) is 0 Å². The van der Waals surface area contributed by atoms with Gasteiger partial charge >= 0.3 is 0 Å². The number of aromatic nitrogens is 3. The van der Waals surface area contributed by atoms with Gasteiger partial charge in [-0.2, -0.15) is 0 Å². The van der Waals surface area contributed by atoms with Gasteiger partial charge in [0.15, 0.2) is 0 Å². The van der Waals surface area contributed by atoms with Crippen molar-refractivity contribution in [2.45, 2.75) is 52.2 Å². The Bertz CT molecular complexity index is 1520. The quantitative estimate of drug-likeness (QED) is 0.367. The molecule has 0 aliphatic heterocycles. The molecule has 1 aliphatic rings. The fraction of sp³-hybridized carbons (Fsp3) is 0.346. The van der Waals surface area contributed by atoms with Gasteiger partial charge in [-0.15, -0.1) is 11.3 Å². The first-order valence-electron chi connectivity index (χ1n) is 11.5. The highest BCUT2D eigenvalue weighted by Crippen LogP contribution is 2.45. The Labute approximate surface area is 206 Å². The second-order valence-electron chi connectivity index (χ2n) is 9.78. The second-order valence-corrected chi connectivity index (χ2v) is 10.8. The van der Waals surface area contributed by atoms with Crippen molar-refractivity contribution in [3.05, 3.63) is 62.6 Å². The largest absolute Gasteiger partial charge is 0.437 e. The number of aliphatic hydroxyl groups is 1. The van der Waals surface area contributed by atoms with Crippen LogP contribution in [0.1, 0.15) is 53.2 Å². The molecule has 4 aromatic rings. The van der Waals surface area contributed by atoms with E-state index in [1.165, 1.54) is 15.9 Å². The maximum Gasteiger partial charge on any atom is 0.274 e. The van der Waals surface area contributed by atoms with Gasteiger partial charge in [-0.25, -0.2) is 4.98 Å². The van der Waals surface area contributed by atoms with Gasteiger partial charge in [-0.1, -0.05) is 0 Å². The van der Waals surface area contributed by atoms with E-state index in [4.69, 9.17) is 4.74 Å². The zero-order valence-electron chi connectivity index (χ0n) is 20.4. The van der Waals surface area contributed by atoms with Crippen molar-refractivity contribution in [1.82, 2.24) is 19.9 Å². The van der Waals surface area contributed by atoms with Gasteiger partial charge in [0.05, 0.1) is 10.5 Å². The van der Waals surface area contributed by atoms with Crippen LogP contribution in [0.3, 0.4) is 0 Å². The third kappa shape index (κ3) is 4.49. The molecule has 5 rings (SSSR count). The number of rotatable bonds is 6. The number of nitrogens with zero attached hydrogens (tertiary/aromatic N) is 2. The molecule has 0 saturated heterocycles. The van der Waals surface area contributed by atoms with Gasteiger partial charge in [0.25, 0.3) is 11.5 Å². The fourth-order valence-electron chi connectivity index (χ4n) is 3.98. The number of H-pyrrole nitrogens is 1. The molecule has 1 fully saturated rings. The van der Waals surface area contributed by atoms with Crippen LogP contribution in [-0.2, 0) is 12.6 Å². The number of nitrogens with one attached hydrogen (secondary N) is 2. The molecule has 0 atom stereocenters. The van der Waals surface area contributed by atoms with E-state index in [2.05, 4.69) is 15.3 Å². The van der Waals surface area contributed by atoms with Crippen molar-refractivity contribution >= 4 is 28.1 Å². The van der Waals surface area contributed by atoms with Gasteiger partial charge in [-0.3, -0.25) is 9.59 Å². The zero-order chi connectivity index (χ0) is 25.1. The molecule has 1 aliphatic carbocycles. The second kappa shape index (κ2) is 8.35. The minimum absolute atomic E-state index is 0.202. The first-order valence-corrected chi connectivity index (χ1v) is 12.3. The minimum Gasteiger partial charge on any atom is -0.437 e. The molecule has 0 spiro atoms. The molecule has 8 nitrogen and oxygen atoms in total. The molecule has 1 amide bonds. The SMILES string of the molecule is Cc1cnc(Oc2cc(C(C)(C)O)sc2-c2cn(C)c(=O)c3[nH]c(C(=O)NC4CC4)cc23)c(C)c1. The van der Waals surface area contributed by atoms with Crippen LogP contribution in [0, 0.1) is 13.8 Å². The number of carbonyl (C=O) groups is 1. The molecular formula is C26H28N4O4S. The number of aryl methyl sites for hydroxylation is 3. The van der Waals surface area contributed by atoms with E-state index in [0.717, 1.165) is 34.4 Å². The number of thiophene rings is 1. The zero-order valence-corrected chi connectivity index (χ0v) is 21.2. The van der Waals surface area contributed by atoms with E-state index < -0.39 is 5.60 Å². The lowest BCUT2D eigenvalue weighted by Gasteiger charge is -2.13. The molecule has 4 aromatic heterocycles. The van der Waals surface area contributed by atoms with E-state index in [9.17, 15) is 14.7 Å². The summed E-state index contributed by atoms with van der Waals surface area (Å²) in [4.78, 5) is 34.5. The van der Waals surface area contributed by atoms with E-state index in [1.54, 1.807) is 39.4 Å². The van der Waals surface area contributed by atoms with Crippen molar-refractivity contribution in [1.29, 1.82) is 0 Å². The third-order valence-corrected chi connectivity index (χ3v) is 7.50. The standard InChI is InChI=1S/C26H28N4O4S/c1-13-8-14(2)24(27-11-13)34-19-10-20(26(3,4)33)35-22(19)17-12-30(5)25(32)21-16(17)9-18(29-21)23(31)28-15-6-7-15/h8-12,15,29,33H,6-7H2,1-5H3,(H,28,31). The summed E-state index contributed by atoms with van der Waals surface area (Å²) >= 11 is 1.38. The monoisotopic (exact) mass is 492 g/mol. The number of pyridine rings is 2. The first-order chi connectivity index (χ1) is 16.5. The molecule has 35 heavy (non-hydrogen) atoms. The molecule has 182 valence electrons. The summed E-state index contributed by atoms with van der Waals surface area (Å²) in [7, 11) is 1.67. The van der Waals surface area contributed by atoms with E-state index in [0.29, 0.717) is 33.1 Å². The van der Waals surface area contributed by atoms with Gasteiger partial charge in [0.1, 0.15) is 17.0 Å². The van der Waals surface area contributed by atoms with Crippen molar-refractivity contribution < 1.29 is 14.6 Å². The van der Waals surface area contributed by atoms with E-state index in [-0.39, 0.29) is 17.5 Å². The Kier molecular flexibility index (Phi) is 5.56. The fourth-order valence-corrected chi connectivity index (χ4v) is 5.09. The van der Waals surface area contributed by atoms with Crippen molar-refractivity contribution in [3.8, 4) is 22.1 Å². The van der Waals surface area contributed by atoms with E-state index in [1.807, 2.05) is 26.0 Å². The van der Waals surface area contributed by atoms with Gasteiger partial charge < -0.3 is 24.7 Å².